The van der Waals surface area contributed by atoms with Crippen molar-refractivity contribution in [1.82, 2.24) is 5.32 Å². The van der Waals surface area contributed by atoms with Crippen molar-refractivity contribution in [1.29, 1.82) is 0 Å². The predicted molar refractivity (Wildman–Crippen MR) is 242 cm³/mol. The first-order valence-electron chi connectivity index (χ1n) is 24.9. The summed E-state index contributed by atoms with van der Waals surface area (Å²) in [4.78, 5) is 0.261. The first kappa shape index (κ1) is 49.4. The lowest BCUT2D eigenvalue weighted by atomic mass is 9.96. The fraction of sp³-hybridized carbons (Fsp3) is 0.880. The van der Waals surface area contributed by atoms with Crippen LogP contribution in [0.2, 0.25) is 0 Å². The Morgan fingerprint density at radius 3 is 1.20 bits per heavy atom. The number of hydrogen-bond acceptors (Lipinski definition) is 5. The lowest BCUT2D eigenvalue weighted by Crippen LogP contribution is -2.37. The Kier molecular flexibility index (Phi) is 28.2. The van der Waals surface area contributed by atoms with E-state index in [9.17, 15) is 8.42 Å². The van der Waals surface area contributed by atoms with Gasteiger partial charge in [0.2, 0.25) is 0 Å². The number of nitrogens with two attached hydrogens (primary N) is 1. The molecule has 0 aromatic heterocycles. The summed E-state index contributed by atoms with van der Waals surface area (Å²) in [6, 6.07) is 7.18. The van der Waals surface area contributed by atoms with E-state index in [1.807, 2.05) is 19.1 Å². The monoisotopic (exact) mass is 801 g/mol. The van der Waals surface area contributed by atoms with Crippen molar-refractivity contribution in [2.75, 3.05) is 13.1 Å². The van der Waals surface area contributed by atoms with Gasteiger partial charge in [0, 0.05) is 24.5 Å². The quantitative estimate of drug-likeness (QED) is 0.298. The van der Waals surface area contributed by atoms with Crippen molar-refractivity contribution in [2.24, 2.45) is 11.1 Å². The van der Waals surface area contributed by atoms with E-state index in [0.717, 1.165) is 44.3 Å². The molecule has 2 aliphatic rings. The van der Waals surface area contributed by atoms with E-state index in [4.69, 9.17) is 9.92 Å². The Morgan fingerprint density at radius 2 is 0.839 bits per heavy atom. The summed E-state index contributed by atoms with van der Waals surface area (Å²) in [6.45, 7) is 3.55. The zero-order valence-corrected chi connectivity index (χ0v) is 37.8. The molecular formula is C50H92N2O3S. The van der Waals surface area contributed by atoms with E-state index in [0.29, 0.717) is 0 Å². The van der Waals surface area contributed by atoms with Crippen LogP contribution in [-0.2, 0) is 14.3 Å². The highest BCUT2D eigenvalue weighted by molar-refractivity contribution is 7.86. The lowest BCUT2D eigenvalue weighted by Gasteiger charge is -2.20. The highest BCUT2D eigenvalue weighted by Crippen LogP contribution is 2.53. The van der Waals surface area contributed by atoms with Gasteiger partial charge in [-0.3, -0.25) is 4.18 Å². The molecule has 1 aromatic carbocycles. The molecule has 1 aliphatic carbocycles. The van der Waals surface area contributed by atoms with Crippen LogP contribution in [-0.4, -0.2) is 33.7 Å². The Hall–Kier alpha value is -0.950. The van der Waals surface area contributed by atoms with E-state index in [1.165, 1.54) is 218 Å². The van der Waals surface area contributed by atoms with Gasteiger partial charge in [-0.05, 0) is 38.3 Å². The zero-order chi connectivity index (χ0) is 39.8. The minimum absolute atomic E-state index is 0.108. The topological polar surface area (TPSA) is 81.4 Å². The number of benzene rings is 1. The molecule has 3 unspecified atom stereocenters. The molecule has 1 saturated heterocycles. The summed E-state index contributed by atoms with van der Waals surface area (Å²) in [5.41, 5.74) is 7.51. The molecular weight excluding hydrogens is 709 g/mol. The second-order valence-electron chi connectivity index (χ2n) is 18.7. The van der Waals surface area contributed by atoms with Crippen LogP contribution < -0.4 is 11.1 Å². The third-order valence-electron chi connectivity index (χ3n) is 13.3. The Labute approximate surface area is 348 Å². The van der Waals surface area contributed by atoms with Crippen molar-refractivity contribution in [3.8, 4) is 0 Å². The van der Waals surface area contributed by atoms with Crippen LogP contribution >= 0.6 is 0 Å². The van der Waals surface area contributed by atoms with E-state index in [2.05, 4.69) is 5.32 Å². The fourth-order valence-corrected chi connectivity index (χ4v) is 10.4. The van der Waals surface area contributed by atoms with E-state index >= 15 is 0 Å². The van der Waals surface area contributed by atoms with E-state index in [1.54, 1.807) is 12.1 Å². The van der Waals surface area contributed by atoms with Crippen molar-refractivity contribution in [2.45, 2.75) is 268 Å². The molecule has 2 fully saturated rings. The molecule has 1 aliphatic heterocycles. The van der Waals surface area contributed by atoms with Crippen LogP contribution in [0.25, 0.3) is 0 Å². The van der Waals surface area contributed by atoms with Crippen LogP contribution in [0, 0.1) is 12.3 Å². The summed E-state index contributed by atoms with van der Waals surface area (Å²) in [5, 5.41) is 3.66. The minimum Gasteiger partial charge on any atom is -0.327 e. The summed E-state index contributed by atoms with van der Waals surface area (Å²) >= 11 is 0. The highest BCUT2D eigenvalue weighted by Gasteiger charge is 2.56. The van der Waals surface area contributed by atoms with Gasteiger partial charge in [-0.25, -0.2) is 0 Å². The maximum Gasteiger partial charge on any atom is 0.297 e. The largest absolute Gasteiger partial charge is 0.327 e. The molecule has 56 heavy (non-hydrogen) atoms. The first-order chi connectivity index (χ1) is 27.4. The molecule has 1 heterocycles. The SMILES string of the molecule is Cc1ccc(S(=O)(=O)OC2CC23CCCCCCCCCCCCCCCCCCCCCCCCCCCCCCCCCCCCCC(N)CNC3)cc1. The molecule has 0 amide bonds. The van der Waals surface area contributed by atoms with Crippen molar-refractivity contribution >= 4 is 10.1 Å². The van der Waals surface area contributed by atoms with Crippen molar-refractivity contribution < 1.29 is 12.6 Å². The van der Waals surface area contributed by atoms with Crippen molar-refractivity contribution in [3.05, 3.63) is 29.8 Å². The smallest absolute Gasteiger partial charge is 0.297 e. The molecule has 5 nitrogen and oxygen atoms in total. The summed E-state index contributed by atoms with van der Waals surface area (Å²) < 4.78 is 32.2. The summed E-state index contributed by atoms with van der Waals surface area (Å²) in [6.07, 6.45) is 51.6. The van der Waals surface area contributed by atoms with Gasteiger partial charge in [-0.15, -0.1) is 0 Å². The molecule has 326 valence electrons. The van der Waals surface area contributed by atoms with Crippen LogP contribution in [0.15, 0.2) is 29.2 Å². The minimum atomic E-state index is -3.77. The third-order valence-corrected chi connectivity index (χ3v) is 14.6. The standard InChI is InChI=1S/C50H92N2O3S/c1-46-38-40-48(41-39-46)56(53,54)55-49-43-50(49)42-36-34-32-30-28-26-24-22-20-18-16-14-12-10-8-6-4-2-3-5-7-9-11-13-15-17-19-21-23-25-27-29-31-33-35-37-47(51)44-52-45-50/h38-41,47,49,52H,2-37,42-45,51H2,1H3. The fourth-order valence-electron chi connectivity index (χ4n) is 9.22. The second kappa shape index (κ2) is 31.9. The van der Waals surface area contributed by atoms with Gasteiger partial charge in [0.1, 0.15) is 0 Å². The average Bonchev–Trinajstić information content (AvgIpc) is 3.85. The Bertz CT molecular complexity index is 1160. The maximum absolute atomic E-state index is 13.2. The molecule has 0 bridgehead atoms. The van der Waals surface area contributed by atoms with Gasteiger partial charge in [-0.2, -0.15) is 8.42 Å². The van der Waals surface area contributed by atoms with Crippen molar-refractivity contribution in [3.63, 3.8) is 0 Å². The van der Waals surface area contributed by atoms with Crippen LogP contribution in [0.3, 0.4) is 0 Å². The van der Waals surface area contributed by atoms with Gasteiger partial charge in [0.15, 0.2) is 0 Å². The van der Waals surface area contributed by atoms with E-state index < -0.39 is 10.1 Å². The molecule has 3 N–H and O–H groups in total. The van der Waals surface area contributed by atoms with Crippen LogP contribution in [0.1, 0.15) is 250 Å². The van der Waals surface area contributed by atoms with Gasteiger partial charge in [0.05, 0.1) is 11.0 Å². The van der Waals surface area contributed by atoms with Gasteiger partial charge < -0.3 is 11.1 Å². The molecule has 1 saturated carbocycles. The highest BCUT2D eigenvalue weighted by atomic mass is 32.2. The van der Waals surface area contributed by atoms with Gasteiger partial charge in [0.25, 0.3) is 10.1 Å². The van der Waals surface area contributed by atoms with Crippen LogP contribution in [0.4, 0.5) is 0 Å². The first-order valence-corrected chi connectivity index (χ1v) is 26.3. The number of nitrogens with one attached hydrogen (secondary N) is 1. The predicted octanol–water partition coefficient (Wildman–Crippen LogP) is 14.8. The van der Waals surface area contributed by atoms with Gasteiger partial charge in [-0.1, -0.05) is 242 Å². The molecule has 1 aromatic rings. The molecule has 0 radical (unpaired) electrons. The molecule has 3 rings (SSSR count). The normalized spacial score (nSPS) is 27.3. The number of rotatable bonds is 3. The third kappa shape index (κ3) is 24.2. The lowest BCUT2D eigenvalue weighted by molar-refractivity contribution is 0.232. The molecule has 1 spiro atoms. The molecule has 3 atom stereocenters. The number of aryl methyl sites for hydroxylation is 1. The second-order valence-corrected chi connectivity index (χ2v) is 20.3. The zero-order valence-electron chi connectivity index (χ0n) is 37.0. The van der Waals surface area contributed by atoms with Crippen LogP contribution in [0.5, 0.6) is 0 Å². The Balaban J connectivity index is 1.35. The number of hydrogen-bond donors (Lipinski definition) is 2. The maximum atomic E-state index is 13.2. The average molecular weight is 801 g/mol. The Morgan fingerprint density at radius 1 is 0.518 bits per heavy atom. The van der Waals surface area contributed by atoms with Gasteiger partial charge >= 0.3 is 0 Å². The van der Waals surface area contributed by atoms with E-state index in [-0.39, 0.29) is 22.5 Å². The summed E-state index contributed by atoms with van der Waals surface area (Å²) in [5.74, 6) is 0. The molecule has 6 heteroatoms. The summed E-state index contributed by atoms with van der Waals surface area (Å²) in [7, 11) is -3.77.